The van der Waals surface area contributed by atoms with Crippen LogP contribution in [0.25, 0.3) is 0 Å². The van der Waals surface area contributed by atoms with Gasteiger partial charge in [-0.2, -0.15) is 0 Å². The van der Waals surface area contributed by atoms with E-state index < -0.39 is 5.60 Å². The number of rotatable bonds is 6. The molecule has 1 rings (SSSR count). The van der Waals surface area contributed by atoms with Gasteiger partial charge in [0.1, 0.15) is 5.75 Å². The highest BCUT2D eigenvalue weighted by Gasteiger charge is 2.31. The smallest absolute Gasteiger partial charge is 0.137 e. The first-order valence-corrected chi connectivity index (χ1v) is 6.59. The van der Waals surface area contributed by atoms with Gasteiger partial charge in [-0.15, -0.1) is 0 Å². The minimum Gasteiger partial charge on any atom is -0.495 e. The van der Waals surface area contributed by atoms with Gasteiger partial charge in [0, 0.05) is 11.8 Å². The van der Waals surface area contributed by atoms with Crippen molar-refractivity contribution < 1.29 is 9.84 Å². The van der Waals surface area contributed by atoms with E-state index in [0.29, 0.717) is 17.6 Å². The second kappa shape index (κ2) is 6.19. The lowest BCUT2D eigenvalue weighted by Gasteiger charge is -2.32. The summed E-state index contributed by atoms with van der Waals surface area (Å²) in [5, 5.41) is 10.9. The summed E-state index contributed by atoms with van der Waals surface area (Å²) >= 11 is 0. The number of nitrogens with zero attached hydrogens (tertiary/aromatic N) is 1. The normalized spacial score (nSPS) is 12.2. The van der Waals surface area contributed by atoms with Crippen LogP contribution in [0, 0.1) is 11.8 Å². The summed E-state index contributed by atoms with van der Waals surface area (Å²) in [6.45, 7) is 8.50. The van der Waals surface area contributed by atoms with Crippen LogP contribution in [0.15, 0.2) is 18.5 Å². The van der Waals surface area contributed by atoms with Crippen molar-refractivity contribution >= 4 is 0 Å². The zero-order valence-electron chi connectivity index (χ0n) is 12.1. The molecule has 0 bridgehead atoms. The summed E-state index contributed by atoms with van der Waals surface area (Å²) in [5.41, 5.74) is 0.0356. The SMILES string of the molecule is COc1cncc(C(O)(CC(C)C)CC(C)C)c1. The van der Waals surface area contributed by atoms with Gasteiger partial charge in [0.05, 0.1) is 18.9 Å². The van der Waals surface area contributed by atoms with E-state index in [9.17, 15) is 5.11 Å². The van der Waals surface area contributed by atoms with E-state index in [1.807, 2.05) is 6.07 Å². The predicted molar refractivity (Wildman–Crippen MR) is 73.6 cm³/mol. The highest BCUT2D eigenvalue weighted by Crippen LogP contribution is 2.35. The van der Waals surface area contributed by atoms with E-state index in [-0.39, 0.29) is 0 Å². The molecule has 0 radical (unpaired) electrons. The lowest BCUT2D eigenvalue weighted by molar-refractivity contribution is -0.00496. The van der Waals surface area contributed by atoms with Gasteiger partial charge in [0.15, 0.2) is 0 Å². The van der Waals surface area contributed by atoms with Crippen LogP contribution in [0.5, 0.6) is 5.75 Å². The van der Waals surface area contributed by atoms with Crippen LogP contribution in [0.2, 0.25) is 0 Å². The van der Waals surface area contributed by atoms with Gasteiger partial charge in [-0.05, 0) is 30.7 Å². The molecule has 0 aliphatic heterocycles. The fourth-order valence-electron chi connectivity index (χ4n) is 2.45. The van der Waals surface area contributed by atoms with Gasteiger partial charge in [-0.1, -0.05) is 27.7 Å². The van der Waals surface area contributed by atoms with Crippen LogP contribution in [-0.2, 0) is 5.60 Å². The summed E-state index contributed by atoms with van der Waals surface area (Å²) in [7, 11) is 1.62. The molecule has 1 aromatic rings. The number of pyridine rings is 1. The first kappa shape index (κ1) is 15.0. The van der Waals surface area contributed by atoms with E-state index in [1.165, 1.54) is 0 Å². The third-order valence-electron chi connectivity index (χ3n) is 2.98. The summed E-state index contributed by atoms with van der Waals surface area (Å²) in [4.78, 5) is 4.15. The number of hydrogen-bond acceptors (Lipinski definition) is 3. The Labute approximate surface area is 110 Å². The molecular formula is C15H25NO2. The number of aliphatic hydroxyl groups is 1. The van der Waals surface area contributed by atoms with Gasteiger partial charge in [0.2, 0.25) is 0 Å². The number of hydrogen-bond donors (Lipinski definition) is 1. The highest BCUT2D eigenvalue weighted by atomic mass is 16.5. The molecule has 0 amide bonds. The molecule has 18 heavy (non-hydrogen) atoms. The van der Waals surface area contributed by atoms with Gasteiger partial charge < -0.3 is 9.84 Å². The molecule has 1 N–H and O–H groups in total. The summed E-state index contributed by atoms with van der Waals surface area (Å²) in [6, 6.07) is 1.89. The Morgan fingerprint density at radius 3 is 2.17 bits per heavy atom. The van der Waals surface area contributed by atoms with E-state index in [1.54, 1.807) is 19.5 Å². The second-order valence-corrected chi connectivity index (χ2v) is 5.84. The molecule has 3 nitrogen and oxygen atoms in total. The van der Waals surface area contributed by atoms with Crippen LogP contribution in [0.1, 0.15) is 46.1 Å². The Morgan fingerprint density at radius 2 is 1.72 bits per heavy atom. The van der Waals surface area contributed by atoms with E-state index in [4.69, 9.17) is 4.74 Å². The quantitative estimate of drug-likeness (QED) is 0.843. The van der Waals surface area contributed by atoms with Crippen molar-refractivity contribution in [2.45, 2.75) is 46.1 Å². The third kappa shape index (κ3) is 3.98. The lowest BCUT2D eigenvalue weighted by Crippen LogP contribution is -2.29. The molecule has 0 fully saturated rings. The molecular weight excluding hydrogens is 226 g/mol. The molecule has 102 valence electrons. The Kier molecular flexibility index (Phi) is 5.15. The first-order chi connectivity index (χ1) is 8.37. The maximum atomic E-state index is 10.9. The summed E-state index contributed by atoms with van der Waals surface area (Å²) < 4.78 is 5.19. The maximum Gasteiger partial charge on any atom is 0.137 e. The van der Waals surface area contributed by atoms with Crippen molar-refractivity contribution in [1.82, 2.24) is 4.98 Å². The van der Waals surface area contributed by atoms with Crippen LogP contribution < -0.4 is 4.74 Å². The fraction of sp³-hybridized carbons (Fsp3) is 0.667. The zero-order valence-corrected chi connectivity index (χ0v) is 12.1. The van der Waals surface area contributed by atoms with Crippen molar-refractivity contribution in [3.05, 3.63) is 24.0 Å². The van der Waals surface area contributed by atoms with Gasteiger partial charge in [-0.25, -0.2) is 0 Å². The Balaban J connectivity index is 3.07. The molecule has 1 heterocycles. The van der Waals surface area contributed by atoms with Gasteiger partial charge >= 0.3 is 0 Å². The van der Waals surface area contributed by atoms with Gasteiger partial charge in [-0.3, -0.25) is 4.98 Å². The number of methoxy groups -OCH3 is 1. The molecule has 0 aromatic carbocycles. The minimum atomic E-state index is -0.816. The largest absolute Gasteiger partial charge is 0.495 e. The zero-order chi connectivity index (χ0) is 13.8. The van der Waals surface area contributed by atoms with Crippen molar-refractivity contribution in [1.29, 1.82) is 0 Å². The number of aromatic nitrogens is 1. The van der Waals surface area contributed by atoms with E-state index in [2.05, 4.69) is 32.7 Å². The standard InChI is InChI=1S/C15H25NO2/c1-11(2)7-15(17,8-12(3)4)13-6-14(18-5)10-16-9-13/h6,9-12,17H,7-8H2,1-5H3. The molecule has 0 atom stereocenters. The van der Waals surface area contributed by atoms with Crippen LogP contribution in [0.4, 0.5) is 0 Å². The summed E-state index contributed by atoms with van der Waals surface area (Å²) in [5.74, 6) is 1.55. The maximum absolute atomic E-state index is 10.9. The molecule has 1 aromatic heterocycles. The van der Waals surface area contributed by atoms with Crippen molar-refractivity contribution in [3.63, 3.8) is 0 Å². The molecule has 0 unspecified atom stereocenters. The average molecular weight is 251 g/mol. The molecule has 3 heteroatoms. The van der Waals surface area contributed by atoms with Crippen molar-refractivity contribution in [2.75, 3.05) is 7.11 Å². The molecule has 0 saturated heterocycles. The van der Waals surface area contributed by atoms with E-state index in [0.717, 1.165) is 18.4 Å². The Hall–Kier alpha value is -1.09. The number of ether oxygens (including phenoxy) is 1. The second-order valence-electron chi connectivity index (χ2n) is 5.84. The van der Waals surface area contributed by atoms with Crippen molar-refractivity contribution in [2.24, 2.45) is 11.8 Å². The highest BCUT2D eigenvalue weighted by molar-refractivity contribution is 5.28. The van der Waals surface area contributed by atoms with Crippen LogP contribution in [0.3, 0.4) is 0 Å². The van der Waals surface area contributed by atoms with E-state index >= 15 is 0 Å². The summed E-state index contributed by atoms with van der Waals surface area (Å²) in [6.07, 6.45) is 4.88. The monoisotopic (exact) mass is 251 g/mol. The molecule has 0 saturated carbocycles. The third-order valence-corrected chi connectivity index (χ3v) is 2.98. The first-order valence-electron chi connectivity index (χ1n) is 6.59. The van der Waals surface area contributed by atoms with Crippen molar-refractivity contribution in [3.8, 4) is 5.75 Å². The minimum absolute atomic E-state index is 0.431. The lowest BCUT2D eigenvalue weighted by atomic mass is 9.80. The predicted octanol–water partition coefficient (Wildman–Crippen LogP) is 3.37. The topological polar surface area (TPSA) is 42.4 Å². The average Bonchev–Trinajstić information content (AvgIpc) is 2.27. The fourth-order valence-corrected chi connectivity index (χ4v) is 2.45. The van der Waals surface area contributed by atoms with Crippen LogP contribution >= 0.6 is 0 Å². The van der Waals surface area contributed by atoms with Gasteiger partial charge in [0.25, 0.3) is 0 Å². The molecule has 0 spiro atoms. The Morgan fingerprint density at radius 1 is 1.17 bits per heavy atom. The molecule has 0 aliphatic carbocycles. The molecule has 0 aliphatic rings. The Bertz CT molecular complexity index is 365. The van der Waals surface area contributed by atoms with Crippen LogP contribution in [-0.4, -0.2) is 17.2 Å².